The van der Waals surface area contributed by atoms with Crippen LogP contribution in [0.2, 0.25) is 0 Å². The largest absolute Gasteiger partial charge is 0.506 e. The predicted molar refractivity (Wildman–Crippen MR) is 131 cm³/mol. The Labute approximate surface area is 204 Å². The van der Waals surface area contributed by atoms with Crippen molar-refractivity contribution in [2.24, 2.45) is 0 Å². The summed E-state index contributed by atoms with van der Waals surface area (Å²) in [5, 5.41) is 24.7. The van der Waals surface area contributed by atoms with Crippen LogP contribution in [0.5, 0.6) is 11.5 Å². The van der Waals surface area contributed by atoms with E-state index in [0.29, 0.717) is 34.3 Å². The SMILES string of the molecule is CS(=O)(=O)Nc1cc([C@@H](O)CNCCOc2ccc3c(c2)[nH]c2cc(C(F)(F)F)ccc23)ccc1O. The Bertz CT molecular complexity index is 1500. The van der Waals surface area contributed by atoms with E-state index in [1.807, 2.05) is 0 Å². The summed E-state index contributed by atoms with van der Waals surface area (Å²) < 4.78 is 69.7. The van der Waals surface area contributed by atoms with E-state index < -0.39 is 27.9 Å². The maximum atomic E-state index is 13.0. The number of aliphatic hydroxyl groups is 1. The first kappa shape index (κ1) is 25.6. The quantitative estimate of drug-likeness (QED) is 0.166. The second-order valence-corrected chi connectivity index (χ2v) is 10.1. The number of halogens is 3. The molecule has 0 spiro atoms. The first-order valence-electron chi connectivity index (χ1n) is 10.9. The number of fused-ring (bicyclic) bond motifs is 3. The van der Waals surface area contributed by atoms with Crippen LogP contribution in [-0.4, -0.2) is 49.6 Å². The van der Waals surface area contributed by atoms with E-state index in [-0.39, 0.29) is 24.6 Å². The van der Waals surface area contributed by atoms with Crippen molar-refractivity contribution in [2.45, 2.75) is 12.3 Å². The molecule has 0 radical (unpaired) electrons. The topological polar surface area (TPSA) is 124 Å². The number of rotatable bonds is 9. The standard InChI is InChI=1S/C24H24F3N3O5S/c1-36(33,34)30-21-10-14(2-7-22(21)31)23(32)13-28-8-9-35-16-4-6-18-17-5-3-15(24(25,26)27)11-19(17)29-20(18)12-16/h2-7,10-12,23,28-32H,8-9,13H2,1H3/t23-/m0/s1. The van der Waals surface area contributed by atoms with Gasteiger partial charge in [-0.25, -0.2) is 8.42 Å². The Morgan fingerprint density at radius 1 is 1.03 bits per heavy atom. The van der Waals surface area contributed by atoms with E-state index in [0.717, 1.165) is 23.8 Å². The molecule has 0 amide bonds. The van der Waals surface area contributed by atoms with Gasteiger partial charge >= 0.3 is 6.18 Å². The second-order valence-electron chi connectivity index (χ2n) is 8.31. The van der Waals surface area contributed by atoms with Crippen molar-refractivity contribution < 1.29 is 36.5 Å². The highest BCUT2D eigenvalue weighted by Crippen LogP contribution is 2.34. The Hall–Kier alpha value is -3.48. The first-order chi connectivity index (χ1) is 16.9. The van der Waals surface area contributed by atoms with Gasteiger partial charge < -0.3 is 25.3 Å². The predicted octanol–water partition coefficient (Wildman–Crippen LogP) is 4.12. The third-order valence-corrected chi connectivity index (χ3v) is 6.07. The minimum Gasteiger partial charge on any atom is -0.506 e. The molecule has 0 saturated heterocycles. The van der Waals surface area contributed by atoms with Gasteiger partial charge in [-0.15, -0.1) is 0 Å². The molecule has 0 aliphatic heterocycles. The maximum absolute atomic E-state index is 13.0. The number of benzene rings is 3. The molecule has 5 N–H and O–H groups in total. The van der Waals surface area contributed by atoms with E-state index in [4.69, 9.17) is 4.74 Å². The summed E-state index contributed by atoms with van der Waals surface area (Å²) in [6.45, 7) is 0.783. The second kappa shape index (κ2) is 9.88. The normalized spacial score (nSPS) is 13.2. The van der Waals surface area contributed by atoms with Crippen molar-refractivity contribution in [1.29, 1.82) is 0 Å². The molecule has 36 heavy (non-hydrogen) atoms. The zero-order valence-electron chi connectivity index (χ0n) is 19.1. The van der Waals surface area contributed by atoms with Crippen molar-refractivity contribution in [3.8, 4) is 11.5 Å². The van der Waals surface area contributed by atoms with Crippen LogP contribution < -0.4 is 14.8 Å². The van der Waals surface area contributed by atoms with Crippen molar-refractivity contribution in [1.82, 2.24) is 10.3 Å². The van der Waals surface area contributed by atoms with Crippen LogP contribution in [0.15, 0.2) is 54.6 Å². The van der Waals surface area contributed by atoms with E-state index in [1.165, 1.54) is 24.3 Å². The summed E-state index contributed by atoms with van der Waals surface area (Å²) in [7, 11) is -3.59. The van der Waals surface area contributed by atoms with E-state index in [9.17, 15) is 31.8 Å². The summed E-state index contributed by atoms with van der Waals surface area (Å²) in [5.41, 5.74) is 0.693. The summed E-state index contributed by atoms with van der Waals surface area (Å²) >= 11 is 0. The van der Waals surface area contributed by atoms with Gasteiger partial charge in [0.05, 0.1) is 29.1 Å². The molecule has 4 aromatic rings. The lowest BCUT2D eigenvalue weighted by Crippen LogP contribution is -2.26. The summed E-state index contributed by atoms with van der Waals surface area (Å²) in [6, 6.07) is 12.9. The monoisotopic (exact) mass is 523 g/mol. The number of hydrogen-bond donors (Lipinski definition) is 5. The molecule has 0 bridgehead atoms. The fourth-order valence-electron chi connectivity index (χ4n) is 3.80. The van der Waals surface area contributed by atoms with E-state index in [2.05, 4.69) is 15.0 Å². The number of aliphatic hydroxyl groups excluding tert-OH is 1. The molecule has 0 fully saturated rings. The van der Waals surface area contributed by atoms with Crippen LogP contribution >= 0.6 is 0 Å². The van der Waals surface area contributed by atoms with Gasteiger partial charge in [0, 0.05) is 35.4 Å². The number of sulfonamides is 1. The van der Waals surface area contributed by atoms with Crippen LogP contribution in [0, 0.1) is 0 Å². The molecule has 192 valence electrons. The minimum absolute atomic E-state index is 0.0283. The molecular weight excluding hydrogens is 499 g/mol. The molecule has 0 saturated carbocycles. The minimum atomic E-state index is -4.42. The van der Waals surface area contributed by atoms with Crippen LogP contribution in [0.1, 0.15) is 17.2 Å². The average molecular weight is 524 g/mol. The molecule has 8 nitrogen and oxygen atoms in total. The molecular formula is C24H24F3N3O5S. The highest BCUT2D eigenvalue weighted by Gasteiger charge is 2.30. The molecule has 1 atom stereocenters. The Morgan fingerprint density at radius 3 is 2.42 bits per heavy atom. The van der Waals surface area contributed by atoms with E-state index >= 15 is 0 Å². The molecule has 1 heterocycles. The highest BCUT2D eigenvalue weighted by atomic mass is 32.2. The van der Waals surface area contributed by atoms with Gasteiger partial charge in [-0.05, 0) is 42.0 Å². The van der Waals surface area contributed by atoms with Gasteiger partial charge in [-0.3, -0.25) is 4.72 Å². The number of nitrogens with one attached hydrogen (secondary N) is 3. The average Bonchev–Trinajstić information content (AvgIpc) is 3.15. The number of alkyl halides is 3. The zero-order chi connectivity index (χ0) is 26.1. The molecule has 1 aromatic heterocycles. The lowest BCUT2D eigenvalue weighted by atomic mass is 10.1. The first-order valence-corrected chi connectivity index (χ1v) is 12.7. The summed E-state index contributed by atoms with van der Waals surface area (Å²) in [5.74, 6) is 0.271. The van der Waals surface area contributed by atoms with Crippen LogP contribution in [-0.2, 0) is 16.2 Å². The number of phenolic OH excluding ortho intramolecular Hbond substituents is 1. The summed E-state index contributed by atoms with van der Waals surface area (Å²) in [4.78, 5) is 3.00. The lowest BCUT2D eigenvalue weighted by molar-refractivity contribution is -0.137. The third kappa shape index (κ3) is 6.01. The molecule has 0 aliphatic rings. The number of anilines is 1. The number of aromatic nitrogens is 1. The van der Waals surface area contributed by atoms with Gasteiger partial charge in [-0.1, -0.05) is 12.1 Å². The molecule has 4 rings (SSSR count). The van der Waals surface area contributed by atoms with Crippen molar-refractivity contribution >= 4 is 37.5 Å². The Kier molecular flexibility index (Phi) is 7.03. The van der Waals surface area contributed by atoms with Crippen molar-refractivity contribution in [2.75, 3.05) is 30.7 Å². The fourth-order valence-corrected chi connectivity index (χ4v) is 4.36. The van der Waals surface area contributed by atoms with Gasteiger partial charge in [-0.2, -0.15) is 13.2 Å². The molecule has 3 aromatic carbocycles. The van der Waals surface area contributed by atoms with Crippen molar-refractivity contribution in [3.63, 3.8) is 0 Å². The van der Waals surface area contributed by atoms with Gasteiger partial charge in [0.2, 0.25) is 10.0 Å². The Balaban J connectivity index is 1.32. The van der Waals surface area contributed by atoms with Gasteiger partial charge in [0.15, 0.2) is 0 Å². The van der Waals surface area contributed by atoms with Gasteiger partial charge in [0.1, 0.15) is 18.1 Å². The number of hydrogen-bond acceptors (Lipinski definition) is 6. The number of aromatic hydroxyl groups is 1. The van der Waals surface area contributed by atoms with E-state index in [1.54, 1.807) is 18.2 Å². The van der Waals surface area contributed by atoms with Crippen molar-refractivity contribution in [3.05, 3.63) is 65.7 Å². The smallest absolute Gasteiger partial charge is 0.416 e. The number of phenols is 1. The summed E-state index contributed by atoms with van der Waals surface area (Å²) in [6.07, 6.45) is -4.43. The number of aromatic amines is 1. The molecule has 12 heteroatoms. The molecule has 0 unspecified atom stereocenters. The zero-order valence-corrected chi connectivity index (χ0v) is 19.9. The number of H-pyrrole nitrogens is 1. The van der Waals surface area contributed by atoms with Gasteiger partial charge in [0.25, 0.3) is 0 Å². The third-order valence-electron chi connectivity index (χ3n) is 5.48. The highest BCUT2D eigenvalue weighted by molar-refractivity contribution is 7.92. The lowest BCUT2D eigenvalue weighted by Gasteiger charge is -2.15. The maximum Gasteiger partial charge on any atom is 0.416 e. The number of ether oxygens (including phenoxy) is 1. The Morgan fingerprint density at radius 2 is 1.72 bits per heavy atom. The molecule has 0 aliphatic carbocycles. The fraction of sp³-hybridized carbons (Fsp3) is 0.250. The van der Waals surface area contributed by atoms with Crippen LogP contribution in [0.25, 0.3) is 21.8 Å². The van der Waals surface area contributed by atoms with Crippen LogP contribution in [0.3, 0.4) is 0 Å². The van der Waals surface area contributed by atoms with Crippen LogP contribution in [0.4, 0.5) is 18.9 Å².